The lowest BCUT2D eigenvalue weighted by atomic mass is 10.0. The highest BCUT2D eigenvalue weighted by atomic mass is 16.2. The van der Waals surface area contributed by atoms with Crippen molar-refractivity contribution in [1.82, 2.24) is 15.2 Å². The summed E-state index contributed by atoms with van der Waals surface area (Å²) in [6.45, 7) is 10.6. The number of amides is 3. The van der Waals surface area contributed by atoms with Crippen LogP contribution in [-0.4, -0.2) is 54.3 Å². The van der Waals surface area contributed by atoms with Gasteiger partial charge in [0.25, 0.3) is 11.8 Å². The molecule has 0 radical (unpaired) electrons. The van der Waals surface area contributed by atoms with Crippen LogP contribution >= 0.6 is 0 Å². The molecule has 0 atom stereocenters. The van der Waals surface area contributed by atoms with E-state index in [2.05, 4.69) is 32.8 Å². The van der Waals surface area contributed by atoms with Crippen LogP contribution in [0.5, 0.6) is 0 Å². The fourth-order valence-corrected chi connectivity index (χ4v) is 4.84. The van der Waals surface area contributed by atoms with Crippen molar-refractivity contribution in [3.05, 3.63) is 82.2 Å². The fourth-order valence-electron chi connectivity index (χ4n) is 4.84. The summed E-state index contributed by atoms with van der Waals surface area (Å²) in [4.78, 5) is 40.5. The number of hydrogen-bond donors (Lipinski definition) is 4. The third kappa shape index (κ3) is 7.03. The van der Waals surface area contributed by atoms with Gasteiger partial charge in [0.2, 0.25) is 6.41 Å². The quantitative estimate of drug-likeness (QED) is 0.190. The third-order valence-electron chi connectivity index (χ3n) is 7.31. The average molecular weight is 528 g/mol. The second-order valence-electron chi connectivity index (χ2n) is 9.98. The van der Waals surface area contributed by atoms with Gasteiger partial charge in [0.15, 0.2) is 0 Å². The summed E-state index contributed by atoms with van der Waals surface area (Å²) in [5, 5.41) is 8.43. The Hall–Kier alpha value is -4.17. The van der Waals surface area contributed by atoms with Crippen LogP contribution in [0.2, 0.25) is 0 Å². The lowest BCUT2D eigenvalue weighted by Gasteiger charge is -2.13. The number of carbonyl (C=O) groups is 3. The van der Waals surface area contributed by atoms with Gasteiger partial charge in [-0.15, -0.1) is 0 Å². The molecule has 0 bridgehead atoms. The predicted molar refractivity (Wildman–Crippen MR) is 157 cm³/mol. The molecule has 4 N–H and O–H groups in total. The number of nitrogens with one attached hydrogen (secondary N) is 4. The first kappa shape index (κ1) is 27.9. The molecule has 1 saturated heterocycles. The first-order chi connectivity index (χ1) is 18.9. The van der Waals surface area contributed by atoms with Crippen molar-refractivity contribution in [2.24, 2.45) is 0 Å². The first-order valence-electron chi connectivity index (χ1n) is 13.5. The molecule has 2 aliphatic rings. The minimum absolute atomic E-state index is 0.147. The maximum atomic E-state index is 12.5. The molecular weight excluding hydrogens is 490 g/mol. The average Bonchev–Trinajstić information content (AvgIpc) is 3.63. The number of H-pyrrole nitrogens is 1. The van der Waals surface area contributed by atoms with Crippen LogP contribution in [-0.2, 0) is 9.59 Å². The molecule has 3 heterocycles. The molecule has 3 amide bonds. The van der Waals surface area contributed by atoms with Gasteiger partial charge in [-0.25, -0.2) is 0 Å². The van der Waals surface area contributed by atoms with E-state index in [1.54, 1.807) is 18.2 Å². The molecule has 1 aromatic heterocycles. The van der Waals surface area contributed by atoms with Crippen molar-refractivity contribution >= 4 is 41.2 Å². The molecule has 0 aliphatic carbocycles. The lowest BCUT2D eigenvalue weighted by Crippen LogP contribution is -2.24. The van der Waals surface area contributed by atoms with Gasteiger partial charge in [-0.2, -0.15) is 0 Å². The maximum absolute atomic E-state index is 12.5. The van der Waals surface area contributed by atoms with Crippen LogP contribution < -0.4 is 16.0 Å². The normalized spacial score (nSPS) is 15.4. The predicted octanol–water partition coefficient (Wildman–Crippen LogP) is 4.90. The minimum atomic E-state index is -0.186. The Kier molecular flexibility index (Phi) is 9.33. The van der Waals surface area contributed by atoms with Crippen LogP contribution in [0, 0.1) is 20.8 Å². The summed E-state index contributed by atoms with van der Waals surface area (Å²) >= 11 is 0. The van der Waals surface area contributed by atoms with E-state index in [4.69, 9.17) is 0 Å². The first-order valence-corrected chi connectivity index (χ1v) is 13.5. The molecule has 2 aliphatic heterocycles. The molecule has 0 unspecified atom stereocenters. The molecule has 5 rings (SSSR count). The Labute approximate surface area is 229 Å². The smallest absolute Gasteiger partial charge is 0.256 e. The number of rotatable bonds is 8. The second-order valence-corrected chi connectivity index (χ2v) is 9.98. The SMILES string of the molecule is Cc1[nH]c(/C=C2\C(=O)Nc3cc(NC(=O)c4ccccc4)ccc32)c(C)c1C.O=CNCCCN1CCCC1. The Balaban J connectivity index is 0.000000270. The molecule has 8 heteroatoms. The summed E-state index contributed by atoms with van der Waals surface area (Å²) < 4.78 is 0. The lowest BCUT2D eigenvalue weighted by molar-refractivity contribution is -0.111. The summed E-state index contributed by atoms with van der Waals surface area (Å²) in [6, 6.07) is 14.5. The second kappa shape index (κ2) is 13.1. The molecule has 0 spiro atoms. The minimum Gasteiger partial charge on any atom is -0.359 e. The van der Waals surface area contributed by atoms with Gasteiger partial charge in [-0.1, -0.05) is 24.3 Å². The molecular formula is C31H37N5O3. The van der Waals surface area contributed by atoms with E-state index >= 15 is 0 Å². The summed E-state index contributed by atoms with van der Waals surface area (Å²) in [6.07, 6.45) is 6.43. The molecule has 1 fully saturated rings. The van der Waals surface area contributed by atoms with Crippen LogP contribution in [0.1, 0.15) is 57.7 Å². The van der Waals surface area contributed by atoms with Gasteiger partial charge >= 0.3 is 0 Å². The van der Waals surface area contributed by atoms with Gasteiger partial charge in [0, 0.05) is 34.7 Å². The van der Waals surface area contributed by atoms with Crippen molar-refractivity contribution in [3.63, 3.8) is 0 Å². The number of hydrogen-bond acceptors (Lipinski definition) is 4. The van der Waals surface area contributed by atoms with Gasteiger partial charge in [-0.05, 0) is 101 Å². The van der Waals surface area contributed by atoms with Crippen LogP contribution in [0.4, 0.5) is 11.4 Å². The Bertz CT molecular complexity index is 1350. The van der Waals surface area contributed by atoms with Crippen molar-refractivity contribution in [3.8, 4) is 0 Å². The highest BCUT2D eigenvalue weighted by Crippen LogP contribution is 2.35. The van der Waals surface area contributed by atoms with Crippen LogP contribution in [0.15, 0.2) is 48.5 Å². The zero-order chi connectivity index (χ0) is 27.8. The monoisotopic (exact) mass is 527 g/mol. The van der Waals surface area contributed by atoms with Crippen molar-refractivity contribution in [2.75, 3.05) is 36.8 Å². The Morgan fingerprint density at radius 2 is 1.77 bits per heavy atom. The largest absolute Gasteiger partial charge is 0.359 e. The van der Waals surface area contributed by atoms with Gasteiger partial charge in [0.1, 0.15) is 0 Å². The highest BCUT2D eigenvalue weighted by Gasteiger charge is 2.25. The number of benzene rings is 2. The van der Waals surface area contributed by atoms with E-state index < -0.39 is 0 Å². The molecule has 8 nitrogen and oxygen atoms in total. The number of anilines is 2. The van der Waals surface area contributed by atoms with Gasteiger partial charge < -0.3 is 25.8 Å². The maximum Gasteiger partial charge on any atom is 0.256 e. The number of likely N-dealkylation sites (tertiary alicyclic amines) is 1. The summed E-state index contributed by atoms with van der Waals surface area (Å²) in [7, 11) is 0. The van der Waals surface area contributed by atoms with E-state index in [0.29, 0.717) is 22.5 Å². The Morgan fingerprint density at radius 3 is 2.44 bits per heavy atom. The zero-order valence-corrected chi connectivity index (χ0v) is 22.9. The van der Waals surface area contributed by atoms with Crippen LogP contribution in [0.3, 0.4) is 0 Å². The summed E-state index contributed by atoms with van der Waals surface area (Å²) in [5.41, 5.74) is 7.73. The van der Waals surface area contributed by atoms with Crippen molar-refractivity contribution in [1.29, 1.82) is 0 Å². The number of carbonyl (C=O) groups excluding carboxylic acids is 3. The zero-order valence-electron chi connectivity index (χ0n) is 22.9. The van der Waals surface area contributed by atoms with Crippen molar-refractivity contribution < 1.29 is 14.4 Å². The number of nitrogens with zero attached hydrogens (tertiary/aromatic N) is 1. The van der Waals surface area contributed by atoms with E-state index in [9.17, 15) is 14.4 Å². The van der Waals surface area contributed by atoms with E-state index in [1.807, 2.05) is 50.3 Å². The standard InChI is InChI=1S/C23H21N3O2.C8H16N2O/c1-13-14(2)20(24-15(13)3)12-19-18-10-9-17(11-21(18)26-23(19)28)25-22(27)16-7-5-4-6-8-16;11-8-9-4-3-7-10-5-1-2-6-10/h4-12,24H,1-3H3,(H,25,27)(H,26,28);8H,1-7H2,(H,9,11)/b19-12-;. The van der Waals surface area contributed by atoms with E-state index in [1.165, 1.54) is 31.5 Å². The molecule has 204 valence electrons. The number of fused-ring (bicyclic) bond motifs is 1. The van der Waals surface area contributed by atoms with E-state index in [0.717, 1.165) is 48.4 Å². The van der Waals surface area contributed by atoms with Crippen molar-refractivity contribution in [2.45, 2.75) is 40.0 Å². The van der Waals surface area contributed by atoms with E-state index in [-0.39, 0.29) is 11.8 Å². The van der Waals surface area contributed by atoms with Gasteiger partial charge in [0.05, 0.1) is 11.3 Å². The fraction of sp³-hybridized carbons (Fsp3) is 0.323. The molecule has 3 aromatic rings. The third-order valence-corrected chi connectivity index (χ3v) is 7.31. The highest BCUT2D eigenvalue weighted by molar-refractivity contribution is 6.35. The van der Waals surface area contributed by atoms with Crippen LogP contribution in [0.25, 0.3) is 11.6 Å². The number of aromatic nitrogens is 1. The Morgan fingerprint density at radius 1 is 1.03 bits per heavy atom. The topological polar surface area (TPSA) is 106 Å². The molecule has 39 heavy (non-hydrogen) atoms. The van der Waals surface area contributed by atoms with Gasteiger partial charge in [-0.3, -0.25) is 14.4 Å². The molecule has 2 aromatic carbocycles. The number of aryl methyl sites for hydroxylation is 1. The number of aromatic amines is 1. The molecule has 0 saturated carbocycles. The summed E-state index contributed by atoms with van der Waals surface area (Å²) in [5.74, 6) is -0.334.